The largest absolute Gasteiger partial charge is 0.467 e. The maximum Gasteiger partial charge on any atom is 0.316 e. The quantitative estimate of drug-likeness (QED) is 0.632. The zero-order valence-electron chi connectivity index (χ0n) is 10.4. The highest BCUT2D eigenvalue weighted by molar-refractivity contribution is 5.07. The van der Waals surface area contributed by atoms with Crippen molar-refractivity contribution >= 4 is 0 Å². The zero-order valence-corrected chi connectivity index (χ0v) is 10.4. The standard InChI is InChI=1S/C13H22N2O/c1-3-4-5-6-7-8-9-12-10-14-13(16-2)15-11-12/h10-11H,3-9H2,1-2H3. The molecule has 0 spiro atoms. The summed E-state index contributed by atoms with van der Waals surface area (Å²) in [5.74, 6) is 0. The van der Waals surface area contributed by atoms with Crippen LogP contribution in [0.2, 0.25) is 0 Å². The highest BCUT2D eigenvalue weighted by Crippen LogP contribution is 2.09. The van der Waals surface area contributed by atoms with Crippen LogP contribution >= 0.6 is 0 Å². The van der Waals surface area contributed by atoms with E-state index in [0.29, 0.717) is 6.01 Å². The molecule has 0 fully saturated rings. The molecule has 0 aromatic carbocycles. The van der Waals surface area contributed by atoms with Crippen molar-refractivity contribution in [2.24, 2.45) is 0 Å². The lowest BCUT2D eigenvalue weighted by Crippen LogP contribution is -1.94. The lowest BCUT2D eigenvalue weighted by atomic mass is 10.1. The van der Waals surface area contributed by atoms with Crippen LogP contribution in [0, 0.1) is 0 Å². The molecule has 0 aliphatic rings. The highest BCUT2D eigenvalue weighted by atomic mass is 16.5. The molecule has 0 aliphatic heterocycles. The van der Waals surface area contributed by atoms with Crippen LogP contribution in [0.5, 0.6) is 6.01 Å². The fraction of sp³-hybridized carbons (Fsp3) is 0.692. The summed E-state index contributed by atoms with van der Waals surface area (Å²) in [6, 6.07) is 0.451. The number of nitrogens with zero attached hydrogens (tertiary/aromatic N) is 2. The first kappa shape index (κ1) is 12.9. The Hall–Kier alpha value is -1.12. The third kappa shape index (κ3) is 5.10. The van der Waals surface area contributed by atoms with Crippen molar-refractivity contribution in [3.05, 3.63) is 18.0 Å². The van der Waals surface area contributed by atoms with Gasteiger partial charge in [0.05, 0.1) is 7.11 Å². The number of ether oxygens (including phenoxy) is 1. The minimum atomic E-state index is 0.451. The number of aromatic nitrogens is 2. The minimum Gasteiger partial charge on any atom is -0.467 e. The zero-order chi connectivity index (χ0) is 11.6. The van der Waals surface area contributed by atoms with Crippen LogP contribution in [0.15, 0.2) is 12.4 Å². The highest BCUT2D eigenvalue weighted by Gasteiger charge is 1.97. The summed E-state index contributed by atoms with van der Waals surface area (Å²) in [7, 11) is 1.59. The third-order valence-electron chi connectivity index (χ3n) is 2.68. The smallest absolute Gasteiger partial charge is 0.316 e. The second-order valence-electron chi connectivity index (χ2n) is 4.10. The minimum absolute atomic E-state index is 0.451. The van der Waals surface area contributed by atoms with Crippen molar-refractivity contribution < 1.29 is 4.74 Å². The molecular weight excluding hydrogens is 200 g/mol. The molecule has 0 radical (unpaired) electrons. The van der Waals surface area contributed by atoms with Gasteiger partial charge in [0.25, 0.3) is 0 Å². The molecule has 1 heterocycles. The van der Waals surface area contributed by atoms with E-state index >= 15 is 0 Å². The van der Waals surface area contributed by atoms with E-state index in [2.05, 4.69) is 16.9 Å². The summed E-state index contributed by atoms with van der Waals surface area (Å²) in [6.07, 6.45) is 12.7. The molecule has 1 aromatic rings. The molecular formula is C13H22N2O. The second-order valence-corrected chi connectivity index (χ2v) is 4.10. The first-order valence-corrected chi connectivity index (χ1v) is 6.21. The Morgan fingerprint density at radius 2 is 1.62 bits per heavy atom. The summed E-state index contributed by atoms with van der Waals surface area (Å²) in [4.78, 5) is 8.18. The van der Waals surface area contributed by atoms with Crippen LogP contribution in [0.25, 0.3) is 0 Å². The summed E-state index contributed by atoms with van der Waals surface area (Å²) in [6.45, 7) is 2.24. The van der Waals surface area contributed by atoms with Gasteiger partial charge in [0, 0.05) is 12.4 Å². The van der Waals surface area contributed by atoms with Gasteiger partial charge >= 0.3 is 6.01 Å². The summed E-state index contributed by atoms with van der Waals surface area (Å²) >= 11 is 0. The van der Waals surface area contributed by atoms with Gasteiger partial charge in [0.2, 0.25) is 0 Å². The van der Waals surface area contributed by atoms with Gasteiger partial charge in [-0.3, -0.25) is 0 Å². The maximum atomic E-state index is 4.92. The summed E-state index contributed by atoms with van der Waals surface area (Å²) in [5.41, 5.74) is 1.20. The fourth-order valence-electron chi connectivity index (χ4n) is 1.69. The molecule has 3 heteroatoms. The predicted molar refractivity (Wildman–Crippen MR) is 65.7 cm³/mol. The van der Waals surface area contributed by atoms with E-state index < -0.39 is 0 Å². The van der Waals surface area contributed by atoms with Gasteiger partial charge in [-0.2, -0.15) is 0 Å². The number of methoxy groups -OCH3 is 1. The van der Waals surface area contributed by atoms with E-state index in [4.69, 9.17) is 4.74 Å². The Labute approximate surface area is 98.3 Å². The number of rotatable bonds is 8. The van der Waals surface area contributed by atoms with E-state index in [1.54, 1.807) is 7.11 Å². The average molecular weight is 222 g/mol. The number of hydrogen-bond acceptors (Lipinski definition) is 3. The molecule has 0 saturated heterocycles. The van der Waals surface area contributed by atoms with Gasteiger partial charge in [-0.05, 0) is 18.4 Å². The van der Waals surface area contributed by atoms with Crippen LogP contribution in [-0.4, -0.2) is 17.1 Å². The van der Waals surface area contributed by atoms with E-state index in [1.807, 2.05) is 12.4 Å². The van der Waals surface area contributed by atoms with Gasteiger partial charge in [-0.25, -0.2) is 9.97 Å². The molecule has 0 atom stereocenters. The van der Waals surface area contributed by atoms with Crippen LogP contribution < -0.4 is 4.74 Å². The number of hydrogen-bond donors (Lipinski definition) is 0. The van der Waals surface area contributed by atoms with Crippen molar-refractivity contribution in [3.63, 3.8) is 0 Å². The van der Waals surface area contributed by atoms with Crippen LogP contribution in [-0.2, 0) is 6.42 Å². The van der Waals surface area contributed by atoms with E-state index in [-0.39, 0.29) is 0 Å². The van der Waals surface area contributed by atoms with Crippen LogP contribution in [0.1, 0.15) is 51.0 Å². The van der Waals surface area contributed by atoms with E-state index in [9.17, 15) is 0 Å². The van der Waals surface area contributed by atoms with Crippen molar-refractivity contribution in [2.75, 3.05) is 7.11 Å². The molecule has 1 aromatic heterocycles. The first-order chi connectivity index (χ1) is 7.86. The maximum absolute atomic E-state index is 4.92. The normalized spacial score (nSPS) is 10.4. The van der Waals surface area contributed by atoms with E-state index in [1.165, 1.54) is 44.1 Å². The van der Waals surface area contributed by atoms with Gasteiger partial charge < -0.3 is 4.74 Å². The Balaban J connectivity index is 2.12. The van der Waals surface area contributed by atoms with Gasteiger partial charge in [0.15, 0.2) is 0 Å². The van der Waals surface area contributed by atoms with Gasteiger partial charge in [-0.1, -0.05) is 39.0 Å². The van der Waals surface area contributed by atoms with Gasteiger partial charge in [-0.15, -0.1) is 0 Å². The third-order valence-corrected chi connectivity index (χ3v) is 2.68. The molecule has 3 nitrogen and oxygen atoms in total. The molecule has 0 bridgehead atoms. The number of aryl methyl sites for hydroxylation is 1. The SMILES string of the molecule is CCCCCCCCc1cnc(OC)nc1. The van der Waals surface area contributed by atoms with Crippen LogP contribution in [0.3, 0.4) is 0 Å². The Morgan fingerprint density at radius 3 is 2.25 bits per heavy atom. The molecule has 90 valence electrons. The fourth-order valence-corrected chi connectivity index (χ4v) is 1.69. The molecule has 0 N–H and O–H groups in total. The van der Waals surface area contributed by atoms with Crippen molar-refractivity contribution in [1.82, 2.24) is 9.97 Å². The summed E-state index contributed by atoms with van der Waals surface area (Å²) in [5, 5.41) is 0. The monoisotopic (exact) mass is 222 g/mol. The lowest BCUT2D eigenvalue weighted by Gasteiger charge is -2.02. The summed E-state index contributed by atoms with van der Waals surface area (Å²) < 4.78 is 4.92. The Kier molecular flexibility index (Phi) is 6.54. The predicted octanol–water partition coefficient (Wildman–Crippen LogP) is 3.39. The topological polar surface area (TPSA) is 35.0 Å². The Morgan fingerprint density at radius 1 is 1.00 bits per heavy atom. The van der Waals surface area contributed by atoms with Crippen LogP contribution in [0.4, 0.5) is 0 Å². The molecule has 0 saturated carbocycles. The molecule has 16 heavy (non-hydrogen) atoms. The van der Waals surface area contributed by atoms with E-state index in [0.717, 1.165) is 6.42 Å². The van der Waals surface area contributed by atoms with Crippen molar-refractivity contribution in [3.8, 4) is 6.01 Å². The second kappa shape index (κ2) is 8.08. The molecule has 0 amide bonds. The molecule has 0 unspecified atom stereocenters. The van der Waals surface area contributed by atoms with Crippen molar-refractivity contribution in [2.45, 2.75) is 51.9 Å². The lowest BCUT2D eigenvalue weighted by molar-refractivity contribution is 0.379. The first-order valence-electron chi connectivity index (χ1n) is 6.21. The van der Waals surface area contributed by atoms with Crippen molar-refractivity contribution in [1.29, 1.82) is 0 Å². The Bertz CT molecular complexity index is 272. The van der Waals surface area contributed by atoms with Gasteiger partial charge in [0.1, 0.15) is 0 Å². The average Bonchev–Trinajstić information content (AvgIpc) is 2.34. The molecule has 0 aliphatic carbocycles. The molecule has 1 rings (SSSR count). The number of unbranched alkanes of at least 4 members (excludes halogenated alkanes) is 5.